The van der Waals surface area contributed by atoms with E-state index in [9.17, 15) is 9.59 Å². The summed E-state index contributed by atoms with van der Waals surface area (Å²) in [7, 11) is 0. The van der Waals surface area contributed by atoms with Gasteiger partial charge in [-0.15, -0.1) is 0 Å². The predicted molar refractivity (Wildman–Crippen MR) is 228 cm³/mol. The molecule has 0 atom stereocenters. The van der Waals surface area contributed by atoms with Crippen LogP contribution in [-0.4, -0.2) is 11.8 Å². The Kier molecular flexibility index (Phi) is 12.0. The fourth-order valence-electron chi connectivity index (χ4n) is 6.69. The SMILES string of the molecule is CCC[n+]1cccc(-c2ccc(NC(=O)/C=C/c3ccc(C(=O)Nc4ccc(-c5ccc(-c6ccc(-c7ccc[n+](CCC)c7)cc6)cc5)cc4)cc3)cc2)c1. The second-order valence-corrected chi connectivity index (χ2v) is 13.9. The number of hydrogen-bond donors (Lipinski definition) is 2. The third-order valence-corrected chi connectivity index (χ3v) is 9.68. The normalized spacial score (nSPS) is 11.0. The van der Waals surface area contributed by atoms with Gasteiger partial charge in [-0.05, 0) is 93.6 Å². The summed E-state index contributed by atoms with van der Waals surface area (Å²) in [6.45, 7) is 6.34. The standard InChI is InChI=1S/C50H44N4O2/c1-3-31-53-33-5-7-45(35-53)42-20-18-39(19-21-42)38-14-16-40(17-15-38)41-22-28-48(29-23-41)52-50(56)44-12-9-37(10-13-44)11-30-49(55)51-47-26-24-43(25-27-47)46-8-6-34-54(36-46)32-4-2/h5-30,33-36H,3-4,31-32H2,1-2H3/p+2/b30-11+. The first-order valence-corrected chi connectivity index (χ1v) is 19.2. The Bertz CT molecular complexity index is 2430. The first kappa shape index (κ1) is 37.4. The molecule has 0 fully saturated rings. The molecule has 0 aliphatic rings. The fourth-order valence-corrected chi connectivity index (χ4v) is 6.69. The van der Waals surface area contributed by atoms with E-state index in [0.717, 1.165) is 65.0 Å². The molecule has 0 saturated carbocycles. The average Bonchev–Trinajstić information content (AvgIpc) is 3.24. The van der Waals surface area contributed by atoms with Crippen LogP contribution in [0, 0.1) is 0 Å². The number of pyridine rings is 2. The second kappa shape index (κ2) is 17.9. The molecule has 7 aromatic rings. The lowest BCUT2D eigenvalue weighted by molar-refractivity contribution is -0.696. The minimum absolute atomic E-state index is 0.201. The topological polar surface area (TPSA) is 66.0 Å². The number of carbonyl (C=O) groups is 2. The molecule has 2 amide bonds. The van der Waals surface area contributed by atoms with Gasteiger partial charge in [0.05, 0.1) is 0 Å². The number of anilines is 2. The number of aromatic nitrogens is 2. The van der Waals surface area contributed by atoms with E-state index in [2.05, 4.69) is 131 Å². The van der Waals surface area contributed by atoms with Crippen molar-refractivity contribution in [2.75, 3.05) is 10.6 Å². The quantitative estimate of drug-likeness (QED) is 0.0915. The zero-order chi connectivity index (χ0) is 38.7. The molecular formula is C50H46N4O2+2. The number of rotatable bonds is 13. The van der Waals surface area contributed by atoms with E-state index in [1.165, 1.54) is 22.8 Å². The Morgan fingerprint density at radius 1 is 0.482 bits per heavy atom. The Labute approximate surface area is 329 Å². The van der Waals surface area contributed by atoms with Gasteiger partial charge in [-0.25, -0.2) is 9.13 Å². The highest BCUT2D eigenvalue weighted by atomic mass is 16.2. The number of carbonyl (C=O) groups excluding carboxylic acids is 2. The molecule has 0 aliphatic heterocycles. The van der Waals surface area contributed by atoms with E-state index >= 15 is 0 Å². The molecule has 7 rings (SSSR count). The average molecular weight is 735 g/mol. The third kappa shape index (κ3) is 9.59. The smallest absolute Gasteiger partial charge is 0.255 e. The molecule has 0 bridgehead atoms. The number of hydrogen-bond acceptors (Lipinski definition) is 2. The maximum absolute atomic E-state index is 13.0. The molecule has 2 aromatic heterocycles. The summed E-state index contributed by atoms with van der Waals surface area (Å²) < 4.78 is 4.42. The van der Waals surface area contributed by atoms with Crippen LogP contribution in [0.25, 0.3) is 50.6 Å². The molecule has 0 saturated heterocycles. The van der Waals surface area contributed by atoms with Gasteiger partial charge in [0.1, 0.15) is 13.1 Å². The van der Waals surface area contributed by atoms with Gasteiger partial charge in [0.15, 0.2) is 24.8 Å². The van der Waals surface area contributed by atoms with Crippen LogP contribution >= 0.6 is 0 Å². The zero-order valence-corrected chi connectivity index (χ0v) is 31.9. The lowest BCUT2D eigenvalue weighted by Gasteiger charge is -2.09. The van der Waals surface area contributed by atoms with Crippen molar-refractivity contribution in [3.05, 3.63) is 188 Å². The van der Waals surface area contributed by atoms with E-state index in [4.69, 9.17) is 0 Å². The summed E-state index contributed by atoms with van der Waals surface area (Å²) in [6.07, 6.45) is 13.9. The van der Waals surface area contributed by atoms with Gasteiger partial charge in [0, 0.05) is 59.1 Å². The Balaban J connectivity index is 0.898. The van der Waals surface area contributed by atoms with Crippen molar-refractivity contribution in [1.29, 1.82) is 0 Å². The fraction of sp³-hybridized carbons (Fsp3) is 0.120. The molecule has 0 aliphatic carbocycles. The number of amides is 2. The van der Waals surface area contributed by atoms with Gasteiger partial charge in [-0.1, -0.05) is 98.8 Å². The number of aryl methyl sites for hydroxylation is 2. The van der Waals surface area contributed by atoms with Crippen LogP contribution in [0.3, 0.4) is 0 Å². The van der Waals surface area contributed by atoms with Crippen LogP contribution in [0.15, 0.2) is 176 Å². The van der Waals surface area contributed by atoms with E-state index < -0.39 is 0 Å². The van der Waals surface area contributed by atoms with Crippen molar-refractivity contribution in [2.24, 2.45) is 0 Å². The number of benzene rings is 5. The molecule has 0 spiro atoms. The molecule has 6 nitrogen and oxygen atoms in total. The molecule has 276 valence electrons. The van der Waals surface area contributed by atoms with Gasteiger partial charge in [-0.2, -0.15) is 0 Å². The van der Waals surface area contributed by atoms with Gasteiger partial charge in [0.25, 0.3) is 5.91 Å². The minimum Gasteiger partial charge on any atom is -0.323 e. The highest BCUT2D eigenvalue weighted by Gasteiger charge is 2.09. The van der Waals surface area contributed by atoms with Crippen LogP contribution in [0.5, 0.6) is 0 Å². The van der Waals surface area contributed by atoms with Gasteiger partial charge in [0.2, 0.25) is 5.91 Å². The summed E-state index contributed by atoms with van der Waals surface area (Å²) >= 11 is 0. The summed E-state index contributed by atoms with van der Waals surface area (Å²) in [5, 5.41) is 5.91. The van der Waals surface area contributed by atoms with Crippen LogP contribution in [0.2, 0.25) is 0 Å². The number of nitrogens with zero attached hydrogens (tertiary/aromatic N) is 2. The summed E-state index contributed by atoms with van der Waals surface area (Å²) in [5.41, 5.74) is 11.9. The monoisotopic (exact) mass is 734 g/mol. The van der Waals surface area contributed by atoms with Crippen molar-refractivity contribution in [2.45, 2.75) is 39.8 Å². The lowest BCUT2D eigenvalue weighted by Crippen LogP contribution is -2.32. The molecule has 0 unspecified atom stereocenters. The number of nitrogens with one attached hydrogen (secondary N) is 2. The summed E-state index contributed by atoms with van der Waals surface area (Å²) in [6, 6.07) is 48.6. The van der Waals surface area contributed by atoms with E-state index in [1.807, 2.05) is 60.7 Å². The molecule has 2 N–H and O–H groups in total. The maximum atomic E-state index is 13.0. The summed E-state index contributed by atoms with van der Waals surface area (Å²) in [5.74, 6) is -0.429. The lowest BCUT2D eigenvalue weighted by atomic mass is 9.98. The molecule has 6 heteroatoms. The largest absolute Gasteiger partial charge is 0.323 e. The van der Waals surface area contributed by atoms with Crippen LogP contribution in [-0.2, 0) is 17.9 Å². The maximum Gasteiger partial charge on any atom is 0.255 e. The van der Waals surface area contributed by atoms with Crippen molar-refractivity contribution in [3.8, 4) is 44.5 Å². The van der Waals surface area contributed by atoms with Crippen molar-refractivity contribution >= 4 is 29.3 Å². The molecule has 56 heavy (non-hydrogen) atoms. The molecular weight excluding hydrogens is 689 g/mol. The van der Waals surface area contributed by atoms with E-state index in [-0.39, 0.29) is 11.8 Å². The first-order valence-electron chi connectivity index (χ1n) is 19.2. The summed E-state index contributed by atoms with van der Waals surface area (Å²) in [4.78, 5) is 25.7. The molecule has 2 heterocycles. The predicted octanol–water partition coefficient (Wildman–Crippen LogP) is 10.7. The van der Waals surface area contributed by atoms with Crippen molar-refractivity contribution in [1.82, 2.24) is 0 Å². The minimum atomic E-state index is -0.228. The Hall–Kier alpha value is -6.92. The Morgan fingerprint density at radius 3 is 1.30 bits per heavy atom. The van der Waals surface area contributed by atoms with Crippen molar-refractivity contribution in [3.63, 3.8) is 0 Å². The highest BCUT2D eigenvalue weighted by molar-refractivity contribution is 6.05. The van der Waals surface area contributed by atoms with Crippen LogP contribution in [0.1, 0.15) is 42.6 Å². The van der Waals surface area contributed by atoms with Crippen LogP contribution < -0.4 is 19.8 Å². The Morgan fingerprint density at radius 2 is 0.875 bits per heavy atom. The zero-order valence-electron chi connectivity index (χ0n) is 31.9. The van der Waals surface area contributed by atoms with Gasteiger partial charge in [-0.3, -0.25) is 9.59 Å². The van der Waals surface area contributed by atoms with Gasteiger partial charge < -0.3 is 10.6 Å². The second-order valence-electron chi connectivity index (χ2n) is 13.9. The molecule has 5 aromatic carbocycles. The van der Waals surface area contributed by atoms with Gasteiger partial charge >= 0.3 is 0 Å². The first-order chi connectivity index (χ1) is 27.4. The van der Waals surface area contributed by atoms with Crippen molar-refractivity contribution < 1.29 is 18.7 Å². The van der Waals surface area contributed by atoms with E-state index in [0.29, 0.717) is 11.3 Å². The highest BCUT2D eigenvalue weighted by Crippen LogP contribution is 2.28. The third-order valence-electron chi connectivity index (χ3n) is 9.68. The molecule has 0 radical (unpaired) electrons. The van der Waals surface area contributed by atoms with Crippen LogP contribution in [0.4, 0.5) is 11.4 Å². The van der Waals surface area contributed by atoms with E-state index in [1.54, 1.807) is 18.2 Å².